The van der Waals surface area contributed by atoms with Crippen molar-refractivity contribution in [3.63, 3.8) is 0 Å². The van der Waals surface area contributed by atoms with Crippen molar-refractivity contribution in [2.75, 3.05) is 0 Å². The molecular weight excluding hydrogens is 333 g/mol. The SMILES string of the molecule is FC(F)(F)c1ccc(COc2nn3cnnc3c3ccccc23)cc1. The third-order valence-corrected chi connectivity index (χ3v) is 3.78. The smallest absolute Gasteiger partial charge is 0.416 e. The molecule has 25 heavy (non-hydrogen) atoms. The van der Waals surface area contributed by atoms with E-state index in [9.17, 15) is 13.2 Å². The Bertz CT molecular complexity index is 1040. The number of alkyl halides is 3. The van der Waals surface area contributed by atoms with Crippen LogP contribution in [0.3, 0.4) is 0 Å². The predicted molar refractivity (Wildman–Crippen MR) is 84.1 cm³/mol. The molecule has 0 radical (unpaired) electrons. The van der Waals surface area contributed by atoms with Crippen molar-refractivity contribution in [3.05, 3.63) is 66.0 Å². The number of rotatable bonds is 3. The van der Waals surface area contributed by atoms with Crippen molar-refractivity contribution < 1.29 is 17.9 Å². The van der Waals surface area contributed by atoms with E-state index >= 15 is 0 Å². The fraction of sp³-hybridized carbons (Fsp3) is 0.118. The van der Waals surface area contributed by atoms with Crippen molar-refractivity contribution in [3.8, 4) is 5.88 Å². The summed E-state index contributed by atoms with van der Waals surface area (Å²) in [6.45, 7) is 0.1000. The number of nitrogens with zero attached hydrogens (tertiary/aromatic N) is 4. The maximum atomic E-state index is 12.6. The zero-order valence-corrected chi connectivity index (χ0v) is 12.7. The summed E-state index contributed by atoms with van der Waals surface area (Å²) >= 11 is 0. The molecule has 0 saturated heterocycles. The lowest BCUT2D eigenvalue weighted by Gasteiger charge is -2.10. The molecule has 2 aromatic carbocycles. The van der Waals surface area contributed by atoms with Gasteiger partial charge in [0.05, 0.1) is 5.56 Å². The summed E-state index contributed by atoms with van der Waals surface area (Å²) in [7, 11) is 0. The second kappa shape index (κ2) is 5.73. The van der Waals surface area contributed by atoms with Gasteiger partial charge in [0.25, 0.3) is 0 Å². The van der Waals surface area contributed by atoms with Crippen LogP contribution in [0.1, 0.15) is 11.1 Å². The molecule has 5 nitrogen and oxygen atoms in total. The fourth-order valence-electron chi connectivity index (χ4n) is 2.54. The van der Waals surface area contributed by atoms with E-state index in [-0.39, 0.29) is 6.61 Å². The van der Waals surface area contributed by atoms with Gasteiger partial charge in [0, 0.05) is 10.8 Å². The largest absolute Gasteiger partial charge is 0.471 e. The van der Waals surface area contributed by atoms with E-state index in [0.717, 1.165) is 22.9 Å². The molecule has 126 valence electrons. The summed E-state index contributed by atoms with van der Waals surface area (Å²) < 4.78 is 45.1. The van der Waals surface area contributed by atoms with Gasteiger partial charge in [0.15, 0.2) is 5.65 Å². The van der Waals surface area contributed by atoms with Crippen molar-refractivity contribution in [2.45, 2.75) is 12.8 Å². The van der Waals surface area contributed by atoms with Crippen LogP contribution < -0.4 is 4.74 Å². The Morgan fingerprint density at radius 3 is 2.40 bits per heavy atom. The molecule has 0 N–H and O–H groups in total. The summed E-state index contributed by atoms with van der Waals surface area (Å²) in [6, 6.07) is 12.3. The average molecular weight is 344 g/mol. The molecule has 2 heterocycles. The minimum absolute atomic E-state index is 0.1000. The highest BCUT2D eigenvalue weighted by Gasteiger charge is 2.29. The molecule has 0 fully saturated rings. The van der Waals surface area contributed by atoms with E-state index in [1.165, 1.54) is 23.0 Å². The van der Waals surface area contributed by atoms with E-state index in [1.807, 2.05) is 24.3 Å². The minimum atomic E-state index is -4.35. The fourth-order valence-corrected chi connectivity index (χ4v) is 2.54. The molecule has 2 aromatic heterocycles. The van der Waals surface area contributed by atoms with Crippen molar-refractivity contribution in [1.29, 1.82) is 0 Å². The molecule has 8 heteroatoms. The van der Waals surface area contributed by atoms with Gasteiger partial charge in [-0.05, 0) is 23.8 Å². The summed E-state index contributed by atoms with van der Waals surface area (Å²) in [5.74, 6) is 0.364. The van der Waals surface area contributed by atoms with Gasteiger partial charge < -0.3 is 4.74 Å². The summed E-state index contributed by atoms with van der Waals surface area (Å²) in [5, 5.41) is 13.8. The van der Waals surface area contributed by atoms with Crippen LogP contribution in [0.5, 0.6) is 5.88 Å². The molecular formula is C17H11F3N4O. The first-order valence-corrected chi connectivity index (χ1v) is 7.40. The lowest BCUT2D eigenvalue weighted by Crippen LogP contribution is -2.05. The molecule has 0 unspecified atom stereocenters. The van der Waals surface area contributed by atoms with Crippen LogP contribution in [0.2, 0.25) is 0 Å². The average Bonchev–Trinajstić information content (AvgIpc) is 3.08. The Hall–Kier alpha value is -3.16. The molecule has 4 rings (SSSR count). The van der Waals surface area contributed by atoms with Gasteiger partial charge in [-0.3, -0.25) is 0 Å². The number of halogens is 3. The molecule has 0 aliphatic carbocycles. The third-order valence-electron chi connectivity index (χ3n) is 3.78. The molecule has 0 aliphatic heterocycles. The van der Waals surface area contributed by atoms with Crippen LogP contribution in [0.4, 0.5) is 13.2 Å². The molecule has 0 saturated carbocycles. The zero-order valence-electron chi connectivity index (χ0n) is 12.7. The molecule has 0 aliphatic rings. The van der Waals surface area contributed by atoms with Gasteiger partial charge in [0.2, 0.25) is 5.88 Å². The van der Waals surface area contributed by atoms with Crippen LogP contribution in [0.25, 0.3) is 16.4 Å². The Morgan fingerprint density at radius 2 is 1.68 bits per heavy atom. The molecule has 4 aromatic rings. The quantitative estimate of drug-likeness (QED) is 0.566. The lowest BCUT2D eigenvalue weighted by molar-refractivity contribution is -0.137. The highest BCUT2D eigenvalue weighted by molar-refractivity contribution is 5.96. The highest BCUT2D eigenvalue weighted by atomic mass is 19.4. The Labute approximate surface area is 139 Å². The third kappa shape index (κ3) is 2.86. The predicted octanol–water partition coefficient (Wildman–Crippen LogP) is 3.88. The zero-order chi connectivity index (χ0) is 17.4. The summed E-state index contributed by atoms with van der Waals surface area (Å²) in [5.41, 5.74) is 0.533. The van der Waals surface area contributed by atoms with E-state index in [1.54, 1.807) is 0 Å². The second-order valence-corrected chi connectivity index (χ2v) is 5.43. The standard InChI is InChI=1S/C17H11F3N4O/c18-17(19,20)12-7-5-11(6-8-12)9-25-16-14-4-2-1-3-13(14)15-22-21-10-24(15)23-16/h1-8,10H,9H2. The van der Waals surface area contributed by atoms with Gasteiger partial charge in [-0.2, -0.15) is 17.7 Å². The lowest BCUT2D eigenvalue weighted by atomic mass is 10.1. The van der Waals surface area contributed by atoms with E-state index in [2.05, 4.69) is 15.3 Å². The van der Waals surface area contributed by atoms with E-state index in [0.29, 0.717) is 17.1 Å². The van der Waals surface area contributed by atoms with Crippen LogP contribution >= 0.6 is 0 Å². The van der Waals surface area contributed by atoms with Crippen LogP contribution in [0.15, 0.2) is 54.9 Å². The summed E-state index contributed by atoms with van der Waals surface area (Å²) in [4.78, 5) is 0. The highest BCUT2D eigenvalue weighted by Crippen LogP contribution is 2.30. The minimum Gasteiger partial charge on any atom is -0.471 e. The first-order chi connectivity index (χ1) is 12.0. The van der Waals surface area contributed by atoms with Gasteiger partial charge in [-0.1, -0.05) is 30.3 Å². The maximum absolute atomic E-state index is 12.6. The molecule has 0 bridgehead atoms. The number of benzene rings is 2. The van der Waals surface area contributed by atoms with Crippen LogP contribution in [0, 0.1) is 0 Å². The van der Waals surface area contributed by atoms with Crippen LogP contribution in [-0.2, 0) is 12.8 Å². The van der Waals surface area contributed by atoms with Gasteiger partial charge in [0.1, 0.15) is 12.9 Å². The summed E-state index contributed by atoms with van der Waals surface area (Å²) in [6.07, 6.45) is -2.89. The van der Waals surface area contributed by atoms with Crippen molar-refractivity contribution in [2.24, 2.45) is 0 Å². The topological polar surface area (TPSA) is 52.3 Å². The Kier molecular flexibility index (Phi) is 3.52. The number of ether oxygens (including phenoxy) is 1. The molecule has 0 amide bonds. The molecule has 0 atom stereocenters. The Balaban J connectivity index is 1.64. The molecule has 0 spiro atoms. The second-order valence-electron chi connectivity index (χ2n) is 5.43. The normalized spacial score (nSPS) is 12.0. The van der Waals surface area contributed by atoms with Crippen molar-refractivity contribution in [1.82, 2.24) is 19.8 Å². The van der Waals surface area contributed by atoms with E-state index in [4.69, 9.17) is 4.74 Å². The maximum Gasteiger partial charge on any atom is 0.416 e. The monoisotopic (exact) mass is 344 g/mol. The number of aromatic nitrogens is 4. The first-order valence-electron chi connectivity index (χ1n) is 7.40. The first kappa shape index (κ1) is 15.4. The van der Waals surface area contributed by atoms with Gasteiger partial charge in [-0.15, -0.1) is 15.3 Å². The van der Waals surface area contributed by atoms with Crippen LogP contribution in [-0.4, -0.2) is 19.8 Å². The number of fused-ring (bicyclic) bond motifs is 3. The van der Waals surface area contributed by atoms with Gasteiger partial charge >= 0.3 is 6.18 Å². The van der Waals surface area contributed by atoms with Gasteiger partial charge in [-0.25, -0.2) is 0 Å². The number of hydrogen-bond donors (Lipinski definition) is 0. The van der Waals surface area contributed by atoms with E-state index < -0.39 is 11.7 Å². The van der Waals surface area contributed by atoms with Crippen molar-refractivity contribution >= 4 is 16.4 Å². The number of hydrogen-bond acceptors (Lipinski definition) is 4. The Morgan fingerprint density at radius 1 is 0.960 bits per heavy atom.